The summed E-state index contributed by atoms with van der Waals surface area (Å²) in [7, 11) is 0. The molecule has 1 amide bonds. The van der Waals surface area contributed by atoms with Crippen LogP contribution in [0.15, 0.2) is 18.2 Å². The van der Waals surface area contributed by atoms with Crippen LogP contribution in [-0.2, 0) is 4.79 Å². The highest BCUT2D eigenvalue weighted by atomic mass is 19.1. The number of carbonyl (C=O) groups excluding carboxylic acids is 1. The van der Waals surface area contributed by atoms with E-state index in [4.69, 9.17) is 0 Å². The van der Waals surface area contributed by atoms with E-state index < -0.39 is 0 Å². The van der Waals surface area contributed by atoms with E-state index in [1.54, 1.807) is 12.1 Å². The van der Waals surface area contributed by atoms with Crippen LogP contribution < -0.4 is 10.6 Å². The Morgan fingerprint density at radius 1 is 1.39 bits per heavy atom. The van der Waals surface area contributed by atoms with Crippen LogP contribution in [0.3, 0.4) is 0 Å². The Kier molecular flexibility index (Phi) is 4.31. The minimum Gasteiger partial charge on any atom is -0.322 e. The molecule has 0 saturated carbocycles. The number of benzene rings is 1. The van der Waals surface area contributed by atoms with Crippen LogP contribution in [0.1, 0.15) is 31.2 Å². The summed E-state index contributed by atoms with van der Waals surface area (Å²) in [6.45, 7) is 2.68. The van der Waals surface area contributed by atoms with Crippen molar-refractivity contribution in [3.63, 3.8) is 0 Å². The first-order valence-electron chi connectivity index (χ1n) is 6.47. The van der Waals surface area contributed by atoms with Crippen molar-refractivity contribution >= 4 is 11.6 Å². The van der Waals surface area contributed by atoms with Crippen molar-refractivity contribution in [1.82, 2.24) is 5.32 Å². The molecule has 4 heteroatoms. The number of carbonyl (C=O) groups is 1. The molecular formula is C14H19FN2O. The molecule has 1 aliphatic heterocycles. The van der Waals surface area contributed by atoms with Crippen LogP contribution in [0.4, 0.5) is 10.1 Å². The molecule has 0 spiro atoms. The minimum atomic E-state index is -0.378. The zero-order valence-corrected chi connectivity index (χ0v) is 10.6. The maximum absolute atomic E-state index is 13.6. The van der Waals surface area contributed by atoms with Crippen molar-refractivity contribution < 1.29 is 9.18 Å². The Balaban J connectivity index is 2.01. The lowest BCUT2D eigenvalue weighted by Crippen LogP contribution is -2.40. The molecule has 1 saturated heterocycles. The highest BCUT2D eigenvalue weighted by Crippen LogP contribution is 2.16. The minimum absolute atomic E-state index is 0.139. The normalized spacial score (nSPS) is 20.2. The third kappa shape index (κ3) is 3.29. The Bertz CT molecular complexity index is 426. The second kappa shape index (κ2) is 5.96. The molecule has 0 radical (unpaired) electrons. The van der Waals surface area contributed by atoms with Gasteiger partial charge in [0.15, 0.2) is 0 Å². The SMILES string of the molecule is Cc1ccc(NC(=O)C2CCCCCN2)c(F)c1. The molecule has 1 unspecified atom stereocenters. The number of aryl methyl sites for hydroxylation is 1. The average molecular weight is 250 g/mol. The van der Waals surface area contributed by atoms with Crippen LogP contribution >= 0.6 is 0 Å². The molecule has 1 heterocycles. The molecule has 2 N–H and O–H groups in total. The third-order valence-electron chi connectivity index (χ3n) is 3.26. The fourth-order valence-corrected chi connectivity index (χ4v) is 2.19. The predicted molar refractivity (Wildman–Crippen MR) is 70.0 cm³/mol. The lowest BCUT2D eigenvalue weighted by Gasteiger charge is -2.16. The van der Waals surface area contributed by atoms with Gasteiger partial charge in [-0.25, -0.2) is 4.39 Å². The van der Waals surface area contributed by atoms with Crippen LogP contribution in [0.5, 0.6) is 0 Å². The Hall–Kier alpha value is -1.42. The number of halogens is 1. The summed E-state index contributed by atoms with van der Waals surface area (Å²) >= 11 is 0. The molecule has 1 aromatic rings. The molecule has 1 atom stereocenters. The lowest BCUT2D eigenvalue weighted by atomic mass is 10.1. The Labute approximate surface area is 107 Å². The monoisotopic (exact) mass is 250 g/mol. The van der Waals surface area contributed by atoms with Crippen LogP contribution in [0.25, 0.3) is 0 Å². The van der Waals surface area contributed by atoms with Crippen LogP contribution in [-0.4, -0.2) is 18.5 Å². The maximum Gasteiger partial charge on any atom is 0.241 e. The summed E-state index contributed by atoms with van der Waals surface area (Å²) < 4.78 is 13.6. The van der Waals surface area contributed by atoms with Gasteiger partial charge in [-0.3, -0.25) is 4.79 Å². The number of anilines is 1. The van der Waals surface area contributed by atoms with E-state index in [0.29, 0.717) is 0 Å². The lowest BCUT2D eigenvalue weighted by molar-refractivity contribution is -0.118. The highest BCUT2D eigenvalue weighted by Gasteiger charge is 2.20. The fraction of sp³-hybridized carbons (Fsp3) is 0.500. The maximum atomic E-state index is 13.6. The molecule has 3 nitrogen and oxygen atoms in total. The summed E-state index contributed by atoms with van der Waals surface area (Å²) in [6, 6.07) is 4.63. The Morgan fingerprint density at radius 3 is 3.00 bits per heavy atom. The van der Waals surface area contributed by atoms with Crippen molar-refractivity contribution in [1.29, 1.82) is 0 Å². The van der Waals surface area contributed by atoms with Gasteiger partial charge >= 0.3 is 0 Å². The smallest absolute Gasteiger partial charge is 0.241 e. The van der Waals surface area contributed by atoms with E-state index in [9.17, 15) is 9.18 Å². The topological polar surface area (TPSA) is 41.1 Å². The second-order valence-electron chi connectivity index (χ2n) is 4.83. The van der Waals surface area contributed by atoms with E-state index in [2.05, 4.69) is 10.6 Å². The number of amides is 1. The number of rotatable bonds is 2. The fourth-order valence-electron chi connectivity index (χ4n) is 2.19. The summed E-state index contributed by atoms with van der Waals surface area (Å²) in [6.07, 6.45) is 4.11. The first-order valence-corrected chi connectivity index (χ1v) is 6.47. The van der Waals surface area contributed by atoms with Gasteiger partial charge in [-0.2, -0.15) is 0 Å². The van der Waals surface area contributed by atoms with Crippen molar-refractivity contribution in [2.75, 3.05) is 11.9 Å². The molecule has 1 aromatic carbocycles. The average Bonchev–Trinajstić information content (AvgIpc) is 2.61. The van der Waals surface area contributed by atoms with Crippen LogP contribution in [0.2, 0.25) is 0 Å². The summed E-state index contributed by atoms with van der Waals surface area (Å²) in [5, 5.41) is 5.86. The third-order valence-corrected chi connectivity index (χ3v) is 3.26. The quantitative estimate of drug-likeness (QED) is 0.847. The number of hydrogen-bond donors (Lipinski definition) is 2. The van der Waals surface area contributed by atoms with Crippen molar-refractivity contribution in [3.05, 3.63) is 29.6 Å². The first kappa shape index (κ1) is 13.0. The van der Waals surface area contributed by atoms with Crippen molar-refractivity contribution in [3.8, 4) is 0 Å². The van der Waals surface area contributed by atoms with E-state index in [1.807, 2.05) is 6.92 Å². The molecule has 0 aromatic heterocycles. The summed E-state index contributed by atoms with van der Waals surface area (Å²) in [4.78, 5) is 12.0. The zero-order valence-electron chi connectivity index (χ0n) is 10.6. The molecule has 1 aliphatic rings. The second-order valence-corrected chi connectivity index (χ2v) is 4.83. The molecule has 18 heavy (non-hydrogen) atoms. The number of nitrogens with one attached hydrogen (secondary N) is 2. The molecule has 0 aliphatic carbocycles. The van der Waals surface area contributed by atoms with Gasteiger partial charge in [0.25, 0.3) is 0 Å². The van der Waals surface area contributed by atoms with E-state index >= 15 is 0 Å². The molecule has 2 rings (SSSR count). The largest absolute Gasteiger partial charge is 0.322 e. The molecular weight excluding hydrogens is 231 g/mol. The van der Waals surface area contributed by atoms with Gasteiger partial charge in [0.2, 0.25) is 5.91 Å². The van der Waals surface area contributed by atoms with Gasteiger partial charge in [-0.05, 0) is 44.0 Å². The Morgan fingerprint density at radius 2 is 2.22 bits per heavy atom. The van der Waals surface area contributed by atoms with Crippen molar-refractivity contribution in [2.24, 2.45) is 0 Å². The van der Waals surface area contributed by atoms with Crippen molar-refractivity contribution in [2.45, 2.75) is 38.6 Å². The van der Waals surface area contributed by atoms with Gasteiger partial charge in [0.1, 0.15) is 5.82 Å². The van der Waals surface area contributed by atoms with E-state index in [-0.39, 0.29) is 23.5 Å². The first-order chi connectivity index (χ1) is 8.66. The van der Waals surface area contributed by atoms with E-state index in [0.717, 1.165) is 37.8 Å². The summed E-state index contributed by atoms with van der Waals surface area (Å²) in [5.41, 5.74) is 1.11. The number of hydrogen-bond acceptors (Lipinski definition) is 2. The highest BCUT2D eigenvalue weighted by molar-refractivity contribution is 5.94. The molecule has 1 fully saturated rings. The standard InChI is InChI=1S/C14H19FN2O/c1-10-6-7-12(11(15)9-10)17-14(18)13-5-3-2-4-8-16-13/h6-7,9,13,16H,2-5,8H2,1H3,(H,17,18). The van der Waals surface area contributed by atoms with E-state index in [1.165, 1.54) is 6.07 Å². The molecule has 98 valence electrons. The van der Waals surface area contributed by atoms with Gasteiger partial charge in [-0.15, -0.1) is 0 Å². The van der Waals surface area contributed by atoms with Gasteiger partial charge < -0.3 is 10.6 Å². The zero-order chi connectivity index (χ0) is 13.0. The van der Waals surface area contributed by atoms with Gasteiger partial charge in [-0.1, -0.05) is 18.9 Å². The molecule has 0 bridgehead atoms. The predicted octanol–water partition coefficient (Wildman–Crippen LogP) is 2.60. The van der Waals surface area contributed by atoms with Gasteiger partial charge in [0, 0.05) is 0 Å². The summed E-state index contributed by atoms with van der Waals surface area (Å²) in [5.74, 6) is -0.517. The van der Waals surface area contributed by atoms with Crippen LogP contribution in [0, 0.1) is 12.7 Å². The van der Waals surface area contributed by atoms with Gasteiger partial charge in [0.05, 0.1) is 11.7 Å².